The Morgan fingerprint density at radius 3 is 1.46 bits per heavy atom. The molecule has 2 saturated heterocycles. The standard InChI is InChI=1S/2C15H19Cl2N3O.C2H2O4/c2*16-10-5-6-12-15(14(10)17)19-9-20(12)8-2-3-11-13(21)4-1-7-18-11;3-1(4)2(5)6/h2*5-6,9,11,13,18,21H,1-4,7-8H2;(H,3,4)(H,5,6)/t2*11-,13+;/m11./s1. The number of rotatable bonds is 8. The van der Waals surface area contributed by atoms with Crippen molar-refractivity contribution in [2.24, 2.45) is 0 Å². The van der Waals surface area contributed by atoms with Crippen LogP contribution in [0.1, 0.15) is 51.4 Å². The highest BCUT2D eigenvalue weighted by molar-refractivity contribution is 6.45. The molecule has 2 aliphatic heterocycles. The zero-order valence-corrected chi connectivity index (χ0v) is 29.2. The number of aliphatic hydroxyl groups excluding tert-OH is 2. The van der Waals surface area contributed by atoms with E-state index in [0.29, 0.717) is 20.1 Å². The van der Waals surface area contributed by atoms with Gasteiger partial charge < -0.3 is 40.2 Å². The van der Waals surface area contributed by atoms with Crippen LogP contribution in [0, 0.1) is 0 Å². The maximum atomic E-state index is 9.95. The van der Waals surface area contributed by atoms with Gasteiger partial charge >= 0.3 is 11.9 Å². The first-order valence-corrected chi connectivity index (χ1v) is 17.4. The molecule has 4 aromatic rings. The van der Waals surface area contributed by atoms with Crippen LogP contribution in [0.4, 0.5) is 0 Å². The average Bonchev–Trinajstić information content (AvgIpc) is 3.68. The van der Waals surface area contributed by atoms with Crippen molar-refractivity contribution in [1.29, 1.82) is 0 Å². The van der Waals surface area contributed by atoms with Crippen LogP contribution >= 0.6 is 46.4 Å². The summed E-state index contributed by atoms with van der Waals surface area (Å²) in [4.78, 5) is 26.9. The predicted octanol–water partition coefficient (Wildman–Crippen LogP) is 5.63. The number of nitrogens with zero attached hydrogens (tertiary/aromatic N) is 4. The summed E-state index contributed by atoms with van der Waals surface area (Å²) >= 11 is 24.3. The smallest absolute Gasteiger partial charge is 0.414 e. The van der Waals surface area contributed by atoms with E-state index in [0.717, 1.165) is 99.6 Å². The van der Waals surface area contributed by atoms with Crippen LogP contribution in [-0.4, -0.2) is 88.8 Å². The lowest BCUT2D eigenvalue weighted by molar-refractivity contribution is -0.159. The molecule has 2 aromatic carbocycles. The van der Waals surface area contributed by atoms with Gasteiger partial charge in [-0.05, 0) is 88.7 Å². The molecular weight excluding hydrogens is 706 g/mol. The predicted molar refractivity (Wildman–Crippen MR) is 187 cm³/mol. The molecule has 2 aromatic heterocycles. The SMILES string of the molecule is O=C(O)C(=O)O.O[C@H]1CCCN[C@@H]1CCCn1cnc2c(Cl)c(Cl)ccc21.O[C@H]1CCCN[C@@H]1CCCn1cnc2c(Cl)c(Cl)ccc21. The van der Waals surface area contributed by atoms with Gasteiger partial charge in [0.05, 0.1) is 56.0 Å². The number of carbonyl (C=O) groups is 2. The summed E-state index contributed by atoms with van der Waals surface area (Å²) in [5.74, 6) is -3.65. The summed E-state index contributed by atoms with van der Waals surface area (Å²) in [6.07, 6.45) is 11.0. The first kappa shape index (κ1) is 38.1. The Balaban J connectivity index is 0.000000186. The summed E-state index contributed by atoms with van der Waals surface area (Å²) in [5, 5.41) is 43.5. The van der Waals surface area contributed by atoms with Gasteiger partial charge in [0.15, 0.2) is 0 Å². The highest BCUT2D eigenvalue weighted by atomic mass is 35.5. The molecule has 6 N–H and O–H groups in total. The number of hydrogen-bond acceptors (Lipinski definition) is 8. The number of halogens is 4. The fourth-order valence-electron chi connectivity index (χ4n) is 5.93. The lowest BCUT2D eigenvalue weighted by atomic mass is 9.97. The number of aliphatic hydroxyl groups is 2. The Hall–Kier alpha value is -2.68. The van der Waals surface area contributed by atoms with E-state index in [9.17, 15) is 10.2 Å². The van der Waals surface area contributed by atoms with Crippen LogP contribution in [-0.2, 0) is 22.7 Å². The van der Waals surface area contributed by atoms with Crippen molar-refractivity contribution < 1.29 is 30.0 Å². The van der Waals surface area contributed by atoms with E-state index in [1.54, 1.807) is 24.8 Å². The van der Waals surface area contributed by atoms with Crippen molar-refractivity contribution >= 4 is 80.4 Å². The maximum Gasteiger partial charge on any atom is 0.414 e. The molecule has 262 valence electrons. The zero-order chi connectivity index (χ0) is 34.8. The number of imidazole rings is 2. The third kappa shape index (κ3) is 10.2. The first-order chi connectivity index (χ1) is 23.0. The fraction of sp³-hybridized carbons (Fsp3) is 0.500. The number of hydrogen-bond donors (Lipinski definition) is 6. The van der Waals surface area contributed by atoms with E-state index < -0.39 is 11.9 Å². The molecule has 0 amide bonds. The van der Waals surface area contributed by atoms with Crippen LogP contribution in [0.25, 0.3) is 22.1 Å². The highest BCUT2D eigenvalue weighted by Gasteiger charge is 2.23. The molecule has 16 heteroatoms. The van der Waals surface area contributed by atoms with Gasteiger partial charge in [0.2, 0.25) is 0 Å². The molecule has 0 saturated carbocycles. The van der Waals surface area contributed by atoms with Crippen LogP contribution in [0.15, 0.2) is 36.9 Å². The van der Waals surface area contributed by atoms with E-state index in [1.165, 1.54) is 0 Å². The van der Waals surface area contributed by atoms with Crippen molar-refractivity contribution in [2.45, 2.75) is 88.7 Å². The molecule has 12 nitrogen and oxygen atoms in total. The Morgan fingerprint density at radius 2 is 1.10 bits per heavy atom. The molecule has 4 atom stereocenters. The molecular formula is C32H40Cl4N6O6. The average molecular weight is 747 g/mol. The molecule has 0 bridgehead atoms. The van der Waals surface area contributed by atoms with Crippen molar-refractivity contribution in [1.82, 2.24) is 29.7 Å². The van der Waals surface area contributed by atoms with Gasteiger partial charge in [0.1, 0.15) is 11.0 Å². The molecule has 48 heavy (non-hydrogen) atoms. The summed E-state index contributed by atoms with van der Waals surface area (Å²) in [7, 11) is 0. The number of piperidine rings is 2. The van der Waals surface area contributed by atoms with Gasteiger partial charge in [-0.2, -0.15) is 0 Å². The fourth-order valence-corrected chi connectivity index (χ4v) is 6.65. The molecule has 0 aliphatic carbocycles. The van der Waals surface area contributed by atoms with Gasteiger partial charge in [0.25, 0.3) is 0 Å². The number of aryl methyl sites for hydroxylation is 2. The second-order valence-electron chi connectivity index (χ2n) is 11.8. The number of benzene rings is 2. The van der Waals surface area contributed by atoms with Gasteiger partial charge in [0, 0.05) is 25.2 Å². The third-order valence-corrected chi connectivity index (χ3v) is 10.1. The van der Waals surface area contributed by atoms with Gasteiger partial charge in [-0.1, -0.05) is 46.4 Å². The number of aromatic nitrogens is 4. The number of fused-ring (bicyclic) bond motifs is 2. The monoisotopic (exact) mass is 744 g/mol. The minimum atomic E-state index is -1.82. The van der Waals surface area contributed by atoms with Gasteiger partial charge in [-0.25, -0.2) is 19.6 Å². The van der Waals surface area contributed by atoms with Crippen LogP contribution < -0.4 is 10.6 Å². The summed E-state index contributed by atoms with van der Waals surface area (Å²) < 4.78 is 4.18. The maximum absolute atomic E-state index is 9.95. The van der Waals surface area contributed by atoms with Crippen LogP contribution in [0.3, 0.4) is 0 Å². The van der Waals surface area contributed by atoms with E-state index in [4.69, 9.17) is 66.2 Å². The molecule has 0 unspecified atom stereocenters. The number of nitrogens with one attached hydrogen (secondary N) is 2. The van der Waals surface area contributed by atoms with Gasteiger partial charge in [-0.3, -0.25) is 0 Å². The van der Waals surface area contributed by atoms with Crippen molar-refractivity contribution in [3.05, 3.63) is 57.0 Å². The quantitative estimate of drug-likeness (QED) is 0.124. The third-order valence-electron chi connectivity index (χ3n) is 8.47. The minimum Gasteiger partial charge on any atom is -0.473 e. The molecule has 6 rings (SSSR count). The summed E-state index contributed by atoms with van der Waals surface area (Å²) in [6, 6.07) is 7.93. The number of aliphatic carboxylic acids is 2. The Kier molecular flexibility index (Phi) is 14.6. The molecule has 0 radical (unpaired) electrons. The summed E-state index contributed by atoms with van der Waals surface area (Å²) in [6.45, 7) is 3.73. The second-order valence-corrected chi connectivity index (χ2v) is 13.3. The minimum absolute atomic E-state index is 0.214. The molecule has 2 aliphatic rings. The van der Waals surface area contributed by atoms with E-state index in [2.05, 4.69) is 29.7 Å². The molecule has 4 heterocycles. The first-order valence-electron chi connectivity index (χ1n) is 15.8. The zero-order valence-electron chi connectivity index (χ0n) is 26.2. The Morgan fingerprint density at radius 1 is 0.708 bits per heavy atom. The van der Waals surface area contributed by atoms with Crippen LogP contribution in [0.2, 0.25) is 20.1 Å². The number of carboxylic acids is 2. The van der Waals surface area contributed by atoms with E-state index in [-0.39, 0.29) is 24.3 Å². The lowest BCUT2D eigenvalue weighted by Crippen LogP contribution is -2.44. The Labute approximate surface area is 298 Å². The lowest BCUT2D eigenvalue weighted by Gasteiger charge is -2.29. The highest BCUT2D eigenvalue weighted by Crippen LogP contribution is 2.31. The largest absolute Gasteiger partial charge is 0.473 e. The van der Waals surface area contributed by atoms with Gasteiger partial charge in [-0.15, -0.1) is 0 Å². The summed E-state index contributed by atoms with van der Waals surface area (Å²) in [5.41, 5.74) is 3.50. The molecule has 0 spiro atoms. The van der Waals surface area contributed by atoms with Crippen molar-refractivity contribution in [3.63, 3.8) is 0 Å². The van der Waals surface area contributed by atoms with E-state index >= 15 is 0 Å². The second kappa shape index (κ2) is 18.4. The molecule has 2 fully saturated rings. The van der Waals surface area contributed by atoms with E-state index in [1.807, 2.05) is 12.1 Å². The van der Waals surface area contributed by atoms with Crippen LogP contribution in [0.5, 0.6) is 0 Å². The van der Waals surface area contributed by atoms with Crippen molar-refractivity contribution in [3.8, 4) is 0 Å². The Bertz CT molecular complexity index is 1560. The number of carboxylic acid groups (broad SMARTS) is 2. The topological polar surface area (TPSA) is 175 Å². The normalized spacial score (nSPS) is 20.9. The van der Waals surface area contributed by atoms with Crippen molar-refractivity contribution in [2.75, 3.05) is 13.1 Å².